The van der Waals surface area contributed by atoms with Crippen molar-refractivity contribution in [1.82, 2.24) is 25.4 Å². The molecule has 0 aliphatic carbocycles. The number of nitrogen functional groups attached to an aromatic ring is 1. The number of nitriles is 1. The minimum absolute atomic E-state index is 0.0197. The Balaban J connectivity index is 1.43. The molecule has 34 heavy (non-hydrogen) atoms. The monoisotopic (exact) mass is 540 g/mol. The summed E-state index contributed by atoms with van der Waals surface area (Å²) >= 11 is 4.99. The second-order valence-electron chi connectivity index (χ2n) is 7.14. The first-order chi connectivity index (χ1) is 16.3. The summed E-state index contributed by atoms with van der Waals surface area (Å²) in [6.07, 6.45) is 0. The van der Waals surface area contributed by atoms with Gasteiger partial charge in [-0.2, -0.15) is 5.26 Å². The van der Waals surface area contributed by atoms with E-state index in [4.69, 9.17) is 15.8 Å². The normalized spacial score (nSPS) is 24.0. The number of hydrogen-bond donors (Lipinski definition) is 3. The Labute approximate surface area is 208 Å². The molecule has 0 spiro atoms. The van der Waals surface area contributed by atoms with Gasteiger partial charge in [0.15, 0.2) is 15.2 Å². The molecule has 17 heteroatoms. The molecule has 4 heterocycles. The number of thiazole rings is 1. The molecule has 4 rings (SSSR count). The number of aliphatic carboxylic acids is 1. The molecule has 0 aromatic carbocycles. The minimum Gasteiger partial charge on any atom is -0.481 e. The average molecular weight is 541 g/mol. The number of nitrogens with one attached hydrogen (secondary N) is 1. The number of rotatable bonds is 9. The molecular formula is C17H16N8O5S4. The summed E-state index contributed by atoms with van der Waals surface area (Å²) in [5.41, 5.74) is 5.97. The van der Waals surface area contributed by atoms with Crippen LogP contribution in [-0.4, -0.2) is 84.8 Å². The average Bonchev–Trinajstić information content (AvgIpc) is 3.50. The molecule has 3 atom stereocenters. The number of thioether (sulfide) groups is 2. The lowest BCUT2D eigenvalue weighted by Crippen LogP contribution is -2.74. The number of carbonyl (C=O) groups excluding carboxylic acids is 2. The van der Waals surface area contributed by atoms with Crippen molar-refractivity contribution >= 4 is 74.8 Å². The number of nitrogens with two attached hydrogens (primary N) is 1. The van der Waals surface area contributed by atoms with Crippen molar-refractivity contribution in [3.8, 4) is 6.07 Å². The van der Waals surface area contributed by atoms with Gasteiger partial charge in [-0.1, -0.05) is 28.3 Å². The highest BCUT2D eigenvalue weighted by Gasteiger charge is 2.57. The number of nitrogens with zero attached hydrogens (tertiary/aromatic N) is 6. The molecule has 2 amide bonds. The van der Waals surface area contributed by atoms with Crippen LogP contribution < -0.4 is 11.1 Å². The van der Waals surface area contributed by atoms with Crippen molar-refractivity contribution in [2.45, 2.75) is 15.8 Å². The van der Waals surface area contributed by atoms with Gasteiger partial charge in [0.2, 0.25) is 12.5 Å². The van der Waals surface area contributed by atoms with E-state index < -0.39 is 34.6 Å². The number of carboxylic acid groups (broad SMARTS) is 1. The topological polar surface area (TPSA) is 197 Å². The maximum absolute atomic E-state index is 12.9. The van der Waals surface area contributed by atoms with Crippen molar-refractivity contribution in [3.05, 3.63) is 16.6 Å². The Kier molecular flexibility index (Phi) is 7.21. The van der Waals surface area contributed by atoms with Crippen LogP contribution in [0.2, 0.25) is 0 Å². The van der Waals surface area contributed by atoms with Gasteiger partial charge >= 0.3 is 5.97 Å². The Hall–Kier alpha value is -2.94. The van der Waals surface area contributed by atoms with Gasteiger partial charge in [-0.3, -0.25) is 14.4 Å². The number of fused-ring (bicyclic) bond motifs is 1. The molecule has 2 fully saturated rings. The van der Waals surface area contributed by atoms with Crippen molar-refractivity contribution < 1.29 is 24.3 Å². The second kappa shape index (κ2) is 10.1. The molecule has 0 radical (unpaired) electrons. The molecule has 13 nitrogen and oxygen atoms in total. The first-order valence-corrected chi connectivity index (χ1v) is 13.3. The summed E-state index contributed by atoms with van der Waals surface area (Å²) < 4.78 is 0.654. The number of carboxylic acids is 1. The zero-order valence-corrected chi connectivity index (χ0v) is 20.4. The number of β-lactam (4-membered cyclic amide) rings is 1. The number of amides is 2. The van der Waals surface area contributed by atoms with Gasteiger partial charge in [0.25, 0.3) is 5.91 Å². The smallest absolute Gasteiger partial charge is 0.313 e. The van der Waals surface area contributed by atoms with Crippen molar-refractivity contribution in [3.63, 3.8) is 0 Å². The van der Waals surface area contributed by atoms with Gasteiger partial charge in [0.1, 0.15) is 34.1 Å². The highest BCUT2D eigenvalue weighted by atomic mass is 32.2. The number of carbonyl (C=O) groups is 3. The van der Waals surface area contributed by atoms with E-state index in [1.165, 1.54) is 45.1 Å². The Bertz CT molecular complexity index is 1170. The fraction of sp³-hybridized carbons (Fsp3) is 0.412. The molecule has 178 valence electrons. The number of hydrogen-bond acceptors (Lipinski definition) is 14. The van der Waals surface area contributed by atoms with Gasteiger partial charge in [-0.05, 0) is 0 Å². The second-order valence-corrected chi connectivity index (χ2v) is 11.2. The van der Waals surface area contributed by atoms with Crippen LogP contribution >= 0.6 is 46.2 Å². The summed E-state index contributed by atoms with van der Waals surface area (Å²) in [4.78, 5) is 48.1. The molecule has 2 unspecified atom stereocenters. The molecule has 0 bridgehead atoms. The van der Waals surface area contributed by atoms with Crippen LogP contribution in [0.25, 0.3) is 0 Å². The van der Waals surface area contributed by atoms with E-state index in [0.29, 0.717) is 4.34 Å². The fourth-order valence-corrected chi connectivity index (χ4v) is 7.17. The molecule has 2 saturated heterocycles. The summed E-state index contributed by atoms with van der Waals surface area (Å²) in [5.74, 6) is -1.63. The lowest BCUT2D eigenvalue weighted by Gasteiger charge is -2.53. The Morgan fingerprint density at radius 1 is 1.50 bits per heavy atom. The number of oxime groups is 1. The third-order valence-electron chi connectivity index (χ3n) is 4.96. The van der Waals surface area contributed by atoms with Crippen LogP contribution in [0.5, 0.6) is 0 Å². The highest BCUT2D eigenvalue weighted by Crippen LogP contribution is 2.44. The van der Waals surface area contributed by atoms with Crippen LogP contribution in [0.15, 0.2) is 20.4 Å². The van der Waals surface area contributed by atoms with Crippen molar-refractivity contribution in [2.75, 3.05) is 30.4 Å². The lowest BCUT2D eigenvalue weighted by atomic mass is 9.89. The zero-order valence-electron chi connectivity index (χ0n) is 17.1. The Morgan fingerprint density at radius 3 is 2.97 bits per heavy atom. The SMILES string of the molecule is N#CCON=C(C(=O)NC1C(=O)N2CC(CSc3nncs3)(C(=O)O)CS[C@H]12)c1csc(N)n1. The third kappa shape index (κ3) is 4.80. The van der Waals surface area contributed by atoms with E-state index in [0.717, 1.165) is 11.3 Å². The highest BCUT2D eigenvalue weighted by molar-refractivity contribution is 8.01. The van der Waals surface area contributed by atoms with Gasteiger partial charge in [-0.25, -0.2) is 4.98 Å². The first-order valence-electron chi connectivity index (χ1n) is 9.48. The van der Waals surface area contributed by atoms with Crippen LogP contribution in [0.4, 0.5) is 5.13 Å². The summed E-state index contributed by atoms with van der Waals surface area (Å²) in [7, 11) is 0. The van der Waals surface area contributed by atoms with Crippen LogP contribution in [-0.2, 0) is 19.2 Å². The minimum atomic E-state index is -1.15. The predicted molar refractivity (Wildman–Crippen MR) is 125 cm³/mol. The van der Waals surface area contributed by atoms with Crippen LogP contribution in [0.1, 0.15) is 5.69 Å². The van der Waals surface area contributed by atoms with E-state index in [-0.39, 0.29) is 41.2 Å². The van der Waals surface area contributed by atoms with Gasteiger partial charge in [0, 0.05) is 23.4 Å². The molecule has 4 N–H and O–H groups in total. The maximum Gasteiger partial charge on any atom is 0.313 e. The zero-order chi connectivity index (χ0) is 24.3. The quantitative estimate of drug-likeness (QED) is 0.128. The van der Waals surface area contributed by atoms with Gasteiger partial charge in [0.05, 0.1) is 0 Å². The Morgan fingerprint density at radius 2 is 2.32 bits per heavy atom. The molecule has 2 aliphatic heterocycles. The van der Waals surface area contributed by atoms with Crippen molar-refractivity contribution in [2.24, 2.45) is 10.6 Å². The number of aromatic nitrogens is 3. The van der Waals surface area contributed by atoms with E-state index in [9.17, 15) is 19.5 Å². The fourth-order valence-electron chi connectivity index (χ4n) is 3.27. The maximum atomic E-state index is 12.9. The van der Waals surface area contributed by atoms with E-state index in [1.807, 2.05) is 0 Å². The van der Waals surface area contributed by atoms with Crippen LogP contribution in [0, 0.1) is 16.7 Å². The summed E-state index contributed by atoms with van der Waals surface area (Å²) in [6.45, 7) is -0.358. The lowest BCUT2D eigenvalue weighted by molar-refractivity contribution is -0.157. The van der Waals surface area contributed by atoms with Crippen LogP contribution in [0.3, 0.4) is 0 Å². The molecule has 2 aromatic rings. The number of anilines is 1. The third-order valence-corrected chi connectivity index (χ3v) is 9.37. The summed E-state index contributed by atoms with van der Waals surface area (Å²) in [6, 6.07) is 0.874. The van der Waals surface area contributed by atoms with E-state index in [1.54, 1.807) is 11.6 Å². The predicted octanol–water partition coefficient (Wildman–Crippen LogP) is 0.0843. The molecule has 0 saturated carbocycles. The molecular weight excluding hydrogens is 525 g/mol. The molecule has 2 aliphatic rings. The van der Waals surface area contributed by atoms with Crippen molar-refractivity contribution in [1.29, 1.82) is 5.26 Å². The summed E-state index contributed by atoms with van der Waals surface area (Å²) in [5, 5.41) is 33.8. The first kappa shape index (κ1) is 24.2. The molecule has 2 aromatic heterocycles. The van der Waals surface area contributed by atoms with Gasteiger partial charge in [-0.15, -0.1) is 33.3 Å². The van der Waals surface area contributed by atoms with Gasteiger partial charge < -0.3 is 25.9 Å². The van der Waals surface area contributed by atoms with E-state index >= 15 is 0 Å². The largest absolute Gasteiger partial charge is 0.481 e. The standard InChI is InChI=1S/C17H16N8O5S4/c18-1-2-30-24-9(8-3-31-15(19)21-8)11(26)22-10-12(27)25-4-17(14(28)29,5-32-13(10)25)6-33-16-23-20-7-34-16/h3,7,10,13H,2,4-6H2,(H2,19,21)(H,22,26)(H,28,29)/t10?,13-,17?/m1/s1. The van der Waals surface area contributed by atoms with E-state index in [2.05, 4.69) is 25.7 Å².